The van der Waals surface area contributed by atoms with Gasteiger partial charge in [0.15, 0.2) is 0 Å². The quantitative estimate of drug-likeness (QED) is 0.827. The number of benzene rings is 1. The Bertz CT molecular complexity index is 427. The van der Waals surface area contributed by atoms with Crippen LogP contribution in [0.1, 0.15) is 28.8 Å². The van der Waals surface area contributed by atoms with E-state index >= 15 is 0 Å². The maximum Gasteiger partial charge on any atom is 0.389 e. The Balaban J connectivity index is 2.61. The summed E-state index contributed by atoms with van der Waals surface area (Å²) >= 11 is 0. The third-order valence-corrected chi connectivity index (χ3v) is 2.23. The van der Waals surface area contributed by atoms with Gasteiger partial charge in [-0.05, 0) is 31.0 Å². The van der Waals surface area contributed by atoms with Gasteiger partial charge in [-0.3, -0.25) is 0 Å². The van der Waals surface area contributed by atoms with Crippen molar-refractivity contribution in [3.8, 4) is 5.75 Å². The third-order valence-electron chi connectivity index (χ3n) is 2.23. The third kappa shape index (κ3) is 4.65. The van der Waals surface area contributed by atoms with Crippen LogP contribution in [0.5, 0.6) is 5.75 Å². The van der Waals surface area contributed by atoms with Gasteiger partial charge in [-0.2, -0.15) is 13.2 Å². The van der Waals surface area contributed by atoms with Crippen LogP contribution in [0.3, 0.4) is 0 Å². The Kier molecular flexibility index (Phi) is 4.58. The van der Waals surface area contributed by atoms with Crippen molar-refractivity contribution in [1.82, 2.24) is 0 Å². The molecule has 0 aliphatic rings. The van der Waals surface area contributed by atoms with Crippen LogP contribution in [0.25, 0.3) is 0 Å². The Morgan fingerprint density at radius 1 is 1.39 bits per heavy atom. The van der Waals surface area contributed by atoms with E-state index in [1.165, 1.54) is 12.1 Å². The Morgan fingerprint density at radius 3 is 2.61 bits per heavy atom. The molecule has 1 aromatic rings. The largest absolute Gasteiger partial charge is 0.493 e. The zero-order valence-electron chi connectivity index (χ0n) is 9.75. The number of alkyl halides is 3. The lowest BCUT2D eigenvalue weighted by Crippen LogP contribution is -2.11. The van der Waals surface area contributed by atoms with Crippen LogP contribution in [0.4, 0.5) is 13.2 Å². The number of hydrogen-bond acceptors (Lipinski definition) is 2. The Morgan fingerprint density at radius 2 is 2.06 bits per heavy atom. The van der Waals surface area contributed by atoms with Crippen LogP contribution in [0.2, 0.25) is 0 Å². The van der Waals surface area contributed by atoms with E-state index in [4.69, 9.17) is 9.84 Å². The van der Waals surface area contributed by atoms with Crippen molar-refractivity contribution >= 4 is 5.97 Å². The molecule has 0 bridgehead atoms. The summed E-state index contributed by atoms with van der Waals surface area (Å²) in [6.45, 7) is 1.58. The lowest BCUT2D eigenvalue weighted by Gasteiger charge is -2.11. The van der Waals surface area contributed by atoms with Crippen LogP contribution in [0, 0.1) is 6.92 Å². The van der Waals surface area contributed by atoms with Crippen molar-refractivity contribution < 1.29 is 27.8 Å². The number of carbonyl (C=O) groups is 1. The van der Waals surface area contributed by atoms with Crippen molar-refractivity contribution in [2.75, 3.05) is 6.61 Å². The average molecular weight is 262 g/mol. The van der Waals surface area contributed by atoms with Gasteiger partial charge in [0.25, 0.3) is 0 Å². The summed E-state index contributed by atoms with van der Waals surface area (Å²) in [5.41, 5.74) is 0.735. The zero-order chi connectivity index (χ0) is 13.8. The lowest BCUT2D eigenvalue weighted by molar-refractivity contribution is -0.136. The van der Waals surface area contributed by atoms with Crippen LogP contribution < -0.4 is 4.74 Å². The van der Waals surface area contributed by atoms with E-state index in [-0.39, 0.29) is 24.3 Å². The Labute approximate surface area is 102 Å². The molecule has 0 saturated heterocycles. The maximum absolute atomic E-state index is 11.9. The van der Waals surface area contributed by atoms with Gasteiger partial charge >= 0.3 is 12.1 Å². The summed E-state index contributed by atoms with van der Waals surface area (Å²) in [7, 11) is 0. The SMILES string of the molecule is Cc1ccc(C(=O)O)c(OCCCC(F)(F)F)c1. The zero-order valence-corrected chi connectivity index (χ0v) is 9.75. The molecule has 0 unspecified atom stereocenters. The predicted octanol–water partition coefficient (Wildman–Crippen LogP) is 3.41. The number of rotatable bonds is 5. The fourth-order valence-electron chi connectivity index (χ4n) is 1.38. The molecule has 0 saturated carbocycles. The Hall–Kier alpha value is -1.72. The van der Waals surface area contributed by atoms with Crippen molar-refractivity contribution in [3.05, 3.63) is 29.3 Å². The molecule has 0 spiro atoms. The van der Waals surface area contributed by atoms with Gasteiger partial charge in [0.2, 0.25) is 0 Å². The normalized spacial score (nSPS) is 11.3. The summed E-state index contributed by atoms with van der Waals surface area (Å²) in [5.74, 6) is -1.06. The lowest BCUT2D eigenvalue weighted by atomic mass is 10.1. The molecule has 100 valence electrons. The topological polar surface area (TPSA) is 46.5 Å². The van der Waals surface area contributed by atoms with Gasteiger partial charge in [-0.15, -0.1) is 0 Å². The molecule has 0 aliphatic heterocycles. The van der Waals surface area contributed by atoms with E-state index in [1.807, 2.05) is 0 Å². The summed E-state index contributed by atoms with van der Waals surface area (Å²) in [6.07, 6.45) is -5.36. The van der Waals surface area contributed by atoms with Gasteiger partial charge in [-0.25, -0.2) is 4.79 Å². The summed E-state index contributed by atoms with van der Waals surface area (Å²) in [5, 5.41) is 8.88. The summed E-state index contributed by atoms with van der Waals surface area (Å²) in [6, 6.07) is 4.47. The van der Waals surface area contributed by atoms with Crippen LogP contribution in [-0.4, -0.2) is 23.9 Å². The molecular weight excluding hydrogens is 249 g/mol. The molecular formula is C12H13F3O3. The average Bonchev–Trinajstić information content (AvgIpc) is 2.22. The van der Waals surface area contributed by atoms with E-state index in [9.17, 15) is 18.0 Å². The van der Waals surface area contributed by atoms with Gasteiger partial charge in [0.05, 0.1) is 6.61 Å². The first kappa shape index (κ1) is 14.3. The van der Waals surface area contributed by atoms with E-state index in [2.05, 4.69) is 0 Å². The molecule has 0 fully saturated rings. The van der Waals surface area contributed by atoms with Crippen LogP contribution >= 0.6 is 0 Å². The predicted molar refractivity (Wildman–Crippen MR) is 58.9 cm³/mol. The molecule has 18 heavy (non-hydrogen) atoms. The minimum atomic E-state index is -4.22. The smallest absolute Gasteiger partial charge is 0.389 e. The van der Waals surface area contributed by atoms with Gasteiger partial charge in [0.1, 0.15) is 11.3 Å². The van der Waals surface area contributed by atoms with Crippen LogP contribution in [-0.2, 0) is 0 Å². The summed E-state index contributed by atoms with van der Waals surface area (Å²) in [4.78, 5) is 10.9. The highest BCUT2D eigenvalue weighted by molar-refractivity contribution is 5.90. The molecule has 0 radical (unpaired) electrons. The molecule has 6 heteroatoms. The van der Waals surface area contributed by atoms with E-state index in [0.717, 1.165) is 5.56 Å². The molecule has 0 aromatic heterocycles. The molecule has 1 aromatic carbocycles. The van der Waals surface area contributed by atoms with Crippen molar-refractivity contribution in [3.63, 3.8) is 0 Å². The fourth-order valence-corrected chi connectivity index (χ4v) is 1.38. The molecule has 0 atom stereocenters. The van der Waals surface area contributed by atoms with E-state index in [0.29, 0.717) is 0 Å². The summed E-state index contributed by atoms with van der Waals surface area (Å²) < 4.78 is 40.8. The van der Waals surface area contributed by atoms with Gasteiger partial charge in [0, 0.05) is 6.42 Å². The first-order chi connectivity index (χ1) is 8.29. The van der Waals surface area contributed by atoms with Crippen molar-refractivity contribution in [1.29, 1.82) is 0 Å². The molecule has 0 amide bonds. The van der Waals surface area contributed by atoms with Gasteiger partial charge < -0.3 is 9.84 Å². The number of carboxylic acid groups (broad SMARTS) is 1. The molecule has 3 nitrogen and oxygen atoms in total. The maximum atomic E-state index is 11.9. The number of ether oxygens (including phenoxy) is 1. The van der Waals surface area contributed by atoms with Crippen molar-refractivity contribution in [2.24, 2.45) is 0 Å². The number of hydrogen-bond donors (Lipinski definition) is 1. The first-order valence-corrected chi connectivity index (χ1v) is 5.33. The first-order valence-electron chi connectivity index (χ1n) is 5.33. The highest BCUT2D eigenvalue weighted by Gasteiger charge is 2.26. The molecule has 0 aliphatic carbocycles. The number of halogens is 3. The second-order valence-electron chi connectivity index (χ2n) is 3.87. The number of carboxylic acids is 1. The second-order valence-corrected chi connectivity index (χ2v) is 3.87. The fraction of sp³-hybridized carbons (Fsp3) is 0.417. The van der Waals surface area contributed by atoms with E-state index in [1.54, 1.807) is 13.0 Å². The standard InChI is InChI=1S/C12H13F3O3/c1-8-3-4-9(11(16)17)10(7-8)18-6-2-5-12(13,14)15/h3-4,7H,2,5-6H2,1H3,(H,16,17). The highest BCUT2D eigenvalue weighted by atomic mass is 19.4. The minimum Gasteiger partial charge on any atom is -0.493 e. The number of aromatic carboxylic acids is 1. The highest BCUT2D eigenvalue weighted by Crippen LogP contribution is 2.23. The van der Waals surface area contributed by atoms with Gasteiger partial charge in [-0.1, -0.05) is 6.07 Å². The molecule has 1 rings (SSSR count). The van der Waals surface area contributed by atoms with Crippen LogP contribution in [0.15, 0.2) is 18.2 Å². The van der Waals surface area contributed by atoms with Crippen molar-refractivity contribution in [2.45, 2.75) is 25.9 Å². The van der Waals surface area contributed by atoms with E-state index < -0.39 is 18.6 Å². The molecule has 0 heterocycles. The monoisotopic (exact) mass is 262 g/mol. The molecule has 1 N–H and O–H groups in total. The second kappa shape index (κ2) is 5.75. The number of aryl methyl sites for hydroxylation is 1. The minimum absolute atomic E-state index is 0.0485.